The van der Waals surface area contributed by atoms with Crippen molar-refractivity contribution in [1.82, 2.24) is 5.32 Å². The average Bonchev–Trinajstić information content (AvgIpc) is 2.53. The monoisotopic (exact) mass is 367 g/mol. The van der Waals surface area contributed by atoms with Gasteiger partial charge in [0.2, 0.25) is 0 Å². The van der Waals surface area contributed by atoms with Crippen molar-refractivity contribution in [2.24, 2.45) is 0 Å². The van der Waals surface area contributed by atoms with E-state index >= 15 is 0 Å². The highest BCUT2D eigenvalue weighted by molar-refractivity contribution is 8.93. The zero-order chi connectivity index (χ0) is 14.8. The Morgan fingerprint density at radius 3 is 2.14 bits per heavy atom. The van der Waals surface area contributed by atoms with Crippen molar-refractivity contribution in [3.8, 4) is 17.2 Å². The Labute approximate surface area is 141 Å². The summed E-state index contributed by atoms with van der Waals surface area (Å²) in [4.78, 5) is 0. The molecule has 0 radical (unpaired) electrons. The molecule has 5 heteroatoms. The molecule has 0 aliphatic carbocycles. The number of phenols is 1. The number of nitrogens with one attached hydrogen (secondary N) is 1. The number of phenolic OH excluding ortho intramolecular Hbond substituents is 1. The first-order valence-electron chi connectivity index (χ1n) is 7.15. The van der Waals surface area contributed by atoms with E-state index in [4.69, 9.17) is 14.6 Å². The van der Waals surface area contributed by atoms with E-state index in [1.165, 1.54) is 0 Å². The van der Waals surface area contributed by atoms with Crippen LogP contribution in [0.25, 0.3) is 0 Å². The average molecular weight is 368 g/mol. The fourth-order valence-electron chi connectivity index (χ4n) is 1.81. The summed E-state index contributed by atoms with van der Waals surface area (Å²) >= 11 is 0. The van der Waals surface area contributed by atoms with Crippen LogP contribution in [0.2, 0.25) is 0 Å². The predicted molar refractivity (Wildman–Crippen MR) is 93.3 cm³/mol. The molecule has 22 heavy (non-hydrogen) atoms. The third-order valence-corrected chi connectivity index (χ3v) is 2.89. The van der Waals surface area contributed by atoms with E-state index in [9.17, 15) is 0 Å². The maximum absolute atomic E-state index is 9.15. The van der Waals surface area contributed by atoms with Crippen LogP contribution >= 0.6 is 17.0 Å². The van der Waals surface area contributed by atoms with Gasteiger partial charge in [-0.3, -0.25) is 0 Å². The second kappa shape index (κ2) is 10.9. The van der Waals surface area contributed by atoms with Crippen LogP contribution in [0.1, 0.15) is 6.42 Å². The minimum atomic E-state index is 0. The van der Waals surface area contributed by atoms with Crippen LogP contribution in [-0.2, 0) is 0 Å². The maximum Gasteiger partial charge on any atom is 0.119 e. The van der Waals surface area contributed by atoms with Crippen molar-refractivity contribution in [2.75, 3.05) is 26.3 Å². The number of rotatable bonds is 9. The van der Waals surface area contributed by atoms with Crippen LogP contribution in [0.3, 0.4) is 0 Å². The Balaban J connectivity index is 0.00000242. The van der Waals surface area contributed by atoms with Gasteiger partial charge in [-0.15, -0.1) is 17.0 Å². The van der Waals surface area contributed by atoms with E-state index in [-0.39, 0.29) is 22.7 Å². The first-order valence-corrected chi connectivity index (χ1v) is 7.15. The van der Waals surface area contributed by atoms with Gasteiger partial charge in [-0.25, -0.2) is 0 Å². The largest absolute Gasteiger partial charge is 0.508 e. The number of halogens is 1. The van der Waals surface area contributed by atoms with Gasteiger partial charge in [0.1, 0.15) is 23.9 Å². The second-order valence-corrected chi connectivity index (χ2v) is 4.61. The molecule has 0 saturated heterocycles. The Bertz CT molecular complexity index is 505. The molecule has 0 fully saturated rings. The third kappa shape index (κ3) is 7.33. The van der Waals surface area contributed by atoms with Gasteiger partial charge in [0, 0.05) is 6.54 Å². The molecule has 2 aromatic rings. The van der Waals surface area contributed by atoms with E-state index in [2.05, 4.69) is 5.32 Å². The smallest absolute Gasteiger partial charge is 0.119 e. The summed E-state index contributed by atoms with van der Waals surface area (Å²) in [5, 5.41) is 12.5. The highest BCUT2D eigenvalue weighted by Gasteiger charge is 1.95. The topological polar surface area (TPSA) is 50.7 Å². The predicted octanol–water partition coefficient (Wildman–Crippen LogP) is 3.41. The van der Waals surface area contributed by atoms with E-state index in [0.717, 1.165) is 31.0 Å². The van der Waals surface area contributed by atoms with Crippen molar-refractivity contribution >= 4 is 17.0 Å². The van der Waals surface area contributed by atoms with Gasteiger partial charge >= 0.3 is 0 Å². The molecule has 0 atom stereocenters. The minimum Gasteiger partial charge on any atom is -0.508 e. The standard InChI is InChI=1S/C17H21NO3.BrH/c19-15-7-9-17(10-8-15)21-14-12-18-11-4-13-20-16-5-2-1-3-6-16;/h1-3,5-10,18-19H,4,11-14H2;1H. The van der Waals surface area contributed by atoms with E-state index in [1.54, 1.807) is 24.3 Å². The fourth-order valence-corrected chi connectivity index (χ4v) is 1.81. The summed E-state index contributed by atoms with van der Waals surface area (Å²) in [7, 11) is 0. The molecule has 0 aromatic heterocycles. The lowest BCUT2D eigenvalue weighted by atomic mass is 10.3. The molecule has 2 N–H and O–H groups in total. The number of benzene rings is 2. The first kappa shape index (κ1) is 18.3. The number of ether oxygens (including phenoxy) is 2. The molecule has 0 bridgehead atoms. The van der Waals surface area contributed by atoms with Gasteiger partial charge in [0.15, 0.2) is 0 Å². The summed E-state index contributed by atoms with van der Waals surface area (Å²) in [5.41, 5.74) is 0. The molecule has 0 aliphatic heterocycles. The van der Waals surface area contributed by atoms with Gasteiger partial charge < -0.3 is 19.9 Å². The molecule has 0 heterocycles. The molecule has 0 amide bonds. The first-order chi connectivity index (χ1) is 10.3. The molecular weight excluding hydrogens is 346 g/mol. The molecule has 4 nitrogen and oxygen atoms in total. The lowest BCUT2D eigenvalue weighted by Crippen LogP contribution is -2.23. The normalized spacial score (nSPS) is 9.82. The molecule has 2 aromatic carbocycles. The van der Waals surface area contributed by atoms with Crippen LogP contribution in [-0.4, -0.2) is 31.4 Å². The van der Waals surface area contributed by atoms with Gasteiger partial charge in [-0.1, -0.05) is 18.2 Å². The zero-order valence-electron chi connectivity index (χ0n) is 12.4. The summed E-state index contributed by atoms with van der Waals surface area (Å²) < 4.78 is 11.1. The van der Waals surface area contributed by atoms with Crippen LogP contribution < -0.4 is 14.8 Å². The molecule has 120 valence electrons. The van der Waals surface area contributed by atoms with Crippen LogP contribution in [0.5, 0.6) is 17.2 Å². The van der Waals surface area contributed by atoms with E-state index in [0.29, 0.717) is 13.2 Å². The van der Waals surface area contributed by atoms with Crippen molar-refractivity contribution in [3.63, 3.8) is 0 Å². The quantitative estimate of drug-likeness (QED) is 0.666. The lowest BCUT2D eigenvalue weighted by Gasteiger charge is -2.08. The number of hydrogen-bond donors (Lipinski definition) is 2. The Morgan fingerprint density at radius 2 is 1.41 bits per heavy atom. The Hall–Kier alpha value is -1.72. The lowest BCUT2D eigenvalue weighted by molar-refractivity contribution is 0.294. The molecule has 2 rings (SSSR count). The third-order valence-electron chi connectivity index (χ3n) is 2.89. The number of aromatic hydroxyl groups is 1. The summed E-state index contributed by atoms with van der Waals surface area (Å²) in [5.74, 6) is 1.93. The number of para-hydroxylation sites is 1. The van der Waals surface area contributed by atoms with Gasteiger partial charge in [-0.05, 0) is 49.4 Å². The molecule has 0 saturated carbocycles. The summed E-state index contributed by atoms with van der Waals surface area (Å²) in [6.45, 7) is 2.98. The summed E-state index contributed by atoms with van der Waals surface area (Å²) in [6, 6.07) is 16.6. The van der Waals surface area contributed by atoms with Crippen molar-refractivity contribution < 1.29 is 14.6 Å². The highest BCUT2D eigenvalue weighted by atomic mass is 79.9. The highest BCUT2D eigenvalue weighted by Crippen LogP contribution is 2.15. The molecule has 0 unspecified atom stereocenters. The van der Waals surface area contributed by atoms with Crippen LogP contribution in [0.4, 0.5) is 0 Å². The van der Waals surface area contributed by atoms with Crippen molar-refractivity contribution in [1.29, 1.82) is 0 Å². The van der Waals surface area contributed by atoms with Crippen LogP contribution in [0.15, 0.2) is 54.6 Å². The van der Waals surface area contributed by atoms with Gasteiger partial charge in [0.05, 0.1) is 6.61 Å². The van der Waals surface area contributed by atoms with Gasteiger partial charge in [-0.2, -0.15) is 0 Å². The van der Waals surface area contributed by atoms with E-state index in [1.807, 2.05) is 30.3 Å². The SMILES string of the molecule is Br.Oc1ccc(OCCNCCCOc2ccccc2)cc1. The molecule has 0 aliphatic rings. The molecule has 0 spiro atoms. The number of hydrogen-bond acceptors (Lipinski definition) is 4. The van der Waals surface area contributed by atoms with E-state index < -0.39 is 0 Å². The fraction of sp³-hybridized carbons (Fsp3) is 0.294. The minimum absolute atomic E-state index is 0. The van der Waals surface area contributed by atoms with Gasteiger partial charge in [0.25, 0.3) is 0 Å². The van der Waals surface area contributed by atoms with Crippen molar-refractivity contribution in [2.45, 2.75) is 6.42 Å². The maximum atomic E-state index is 9.15. The molecular formula is C17H22BrNO3. The summed E-state index contributed by atoms with van der Waals surface area (Å²) in [6.07, 6.45) is 0.952. The Kier molecular flexibility index (Phi) is 9.11. The Morgan fingerprint density at radius 1 is 0.773 bits per heavy atom. The van der Waals surface area contributed by atoms with Crippen molar-refractivity contribution in [3.05, 3.63) is 54.6 Å². The zero-order valence-corrected chi connectivity index (χ0v) is 14.1. The second-order valence-electron chi connectivity index (χ2n) is 4.61. The van der Waals surface area contributed by atoms with Crippen LogP contribution in [0, 0.1) is 0 Å².